The lowest BCUT2D eigenvalue weighted by molar-refractivity contribution is -0.120. The zero-order valence-corrected chi connectivity index (χ0v) is 14.4. The number of anilines is 1. The predicted molar refractivity (Wildman–Crippen MR) is 90.5 cm³/mol. The van der Waals surface area contributed by atoms with Crippen LogP contribution in [0.15, 0.2) is 18.2 Å². The Morgan fingerprint density at radius 3 is 2.78 bits per heavy atom. The van der Waals surface area contributed by atoms with E-state index in [4.69, 9.17) is 4.74 Å². The SMILES string of the molecule is Cc1cccc(NC(=O)[C@H]2CCCN2C(=O)OCC(C)C)c1C. The molecule has 126 valence electrons. The summed E-state index contributed by atoms with van der Waals surface area (Å²) in [5.41, 5.74) is 2.98. The first-order chi connectivity index (χ1) is 10.9. The van der Waals surface area contributed by atoms with Gasteiger partial charge in [-0.15, -0.1) is 0 Å². The molecule has 1 aromatic carbocycles. The van der Waals surface area contributed by atoms with Crippen LogP contribution in [-0.2, 0) is 9.53 Å². The van der Waals surface area contributed by atoms with Gasteiger partial charge in [0.05, 0.1) is 6.61 Å². The molecule has 1 N–H and O–H groups in total. The number of amides is 2. The summed E-state index contributed by atoms with van der Waals surface area (Å²) in [5.74, 6) is 0.140. The molecule has 1 heterocycles. The number of ether oxygens (including phenoxy) is 1. The highest BCUT2D eigenvalue weighted by molar-refractivity contribution is 5.97. The summed E-state index contributed by atoms with van der Waals surface area (Å²) in [6, 6.07) is 5.36. The van der Waals surface area contributed by atoms with Gasteiger partial charge < -0.3 is 10.1 Å². The van der Waals surface area contributed by atoms with Crippen molar-refractivity contribution in [2.24, 2.45) is 5.92 Å². The number of nitrogens with zero attached hydrogens (tertiary/aromatic N) is 1. The summed E-state index contributed by atoms with van der Waals surface area (Å²) >= 11 is 0. The standard InChI is InChI=1S/C18H26N2O3/c1-12(2)11-23-18(22)20-10-6-9-16(20)17(21)19-15-8-5-7-13(3)14(15)4/h5,7-8,12,16H,6,9-11H2,1-4H3,(H,19,21)/t16-/m1/s1. The molecule has 0 unspecified atom stereocenters. The number of nitrogens with one attached hydrogen (secondary N) is 1. The summed E-state index contributed by atoms with van der Waals surface area (Å²) in [4.78, 5) is 26.3. The summed E-state index contributed by atoms with van der Waals surface area (Å²) in [6.07, 6.45) is 1.10. The van der Waals surface area contributed by atoms with Crippen molar-refractivity contribution in [1.82, 2.24) is 4.90 Å². The smallest absolute Gasteiger partial charge is 0.410 e. The van der Waals surface area contributed by atoms with Crippen LogP contribution in [0.2, 0.25) is 0 Å². The molecule has 5 heteroatoms. The Labute approximate surface area is 138 Å². The van der Waals surface area contributed by atoms with Crippen LogP contribution in [-0.4, -0.2) is 36.1 Å². The van der Waals surface area contributed by atoms with E-state index >= 15 is 0 Å². The number of aryl methyl sites for hydroxylation is 1. The Hall–Kier alpha value is -2.04. The first-order valence-electron chi connectivity index (χ1n) is 8.20. The van der Waals surface area contributed by atoms with E-state index in [1.165, 1.54) is 0 Å². The highest BCUT2D eigenvalue weighted by Crippen LogP contribution is 2.23. The van der Waals surface area contributed by atoms with Crippen LogP contribution >= 0.6 is 0 Å². The maximum absolute atomic E-state index is 12.6. The van der Waals surface area contributed by atoms with E-state index in [2.05, 4.69) is 5.32 Å². The molecule has 23 heavy (non-hydrogen) atoms. The van der Waals surface area contributed by atoms with Crippen molar-refractivity contribution in [2.45, 2.75) is 46.6 Å². The van der Waals surface area contributed by atoms with Crippen molar-refractivity contribution in [2.75, 3.05) is 18.5 Å². The average molecular weight is 318 g/mol. The molecule has 1 atom stereocenters. The van der Waals surface area contributed by atoms with Crippen LogP contribution in [0, 0.1) is 19.8 Å². The highest BCUT2D eigenvalue weighted by atomic mass is 16.6. The fourth-order valence-electron chi connectivity index (χ4n) is 2.68. The summed E-state index contributed by atoms with van der Waals surface area (Å²) in [6.45, 7) is 8.91. The Morgan fingerprint density at radius 1 is 1.35 bits per heavy atom. The summed E-state index contributed by atoms with van der Waals surface area (Å²) in [5, 5.41) is 2.95. The van der Waals surface area contributed by atoms with Crippen molar-refractivity contribution < 1.29 is 14.3 Å². The summed E-state index contributed by atoms with van der Waals surface area (Å²) < 4.78 is 5.27. The Balaban J connectivity index is 2.03. The average Bonchev–Trinajstić information content (AvgIpc) is 2.99. The normalized spacial score (nSPS) is 17.4. The molecule has 1 aliphatic rings. The minimum Gasteiger partial charge on any atom is -0.449 e. The minimum atomic E-state index is -0.449. The first kappa shape index (κ1) is 17.3. The highest BCUT2D eigenvalue weighted by Gasteiger charge is 2.35. The van der Waals surface area contributed by atoms with Crippen LogP contribution in [0.25, 0.3) is 0 Å². The van der Waals surface area contributed by atoms with Gasteiger partial charge in [0.1, 0.15) is 6.04 Å². The van der Waals surface area contributed by atoms with E-state index in [0.717, 1.165) is 23.2 Å². The number of rotatable bonds is 4. The topological polar surface area (TPSA) is 58.6 Å². The molecule has 5 nitrogen and oxygen atoms in total. The third-order valence-electron chi connectivity index (χ3n) is 4.19. The van der Waals surface area contributed by atoms with Crippen LogP contribution in [0.3, 0.4) is 0 Å². The molecule has 0 aliphatic carbocycles. The predicted octanol–water partition coefficient (Wildman–Crippen LogP) is 3.50. The van der Waals surface area contributed by atoms with Crippen LogP contribution < -0.4 is 5.32 Å². The van der Waals surface area contributed by atoms with Crippen LogP contribution in [0.5, 0.6) is 0 Å². The number of carbonyl (C=O) groups excluding carboxylic acids is 2. The molecule has 1 aliphatic heterocycles. The van der Waals surface area contributed by atoms with Crippen molar-refractivity contribution >= 4 is 17.7 Å². The molecule has 0 bridgehead atoms. The van der Waals surface area contributed by atoms with E-state index in [1.807, 2.05) is 45.9 Å². The molecule has 0 aromatic heterocycles. The van der Waals surface area contributed by atoms with Crippen molar-refractivity contribution in [1.29, 1.82) is 0 Å². The largest absolute Gasteiger partial charge is 0.449 e. The zero-order chi connectivity index (χ0) is 17.0. The van der Waals surface area contributed by atoms with E-state index in [0.29, 0.717) is 19.6 Å². The van der Waals surface area contributed by atoms with E-state index in [9.17, 15) is 9.59 Å². The second-order valence-electron chi connectivity index (χ2n) is 6.56. The van der Waals surface area contributed by atoms with Gasteiger partial charge in [-0.05, 0) is 49.8 Å². The van der Waals surface area contributed by atoms with E-state index in [-0.39, 0.29) is 11.8 Å². The molecule has 2 rings (SSSR count). The van der Waals surface area contributed by atoms with Gasteiger partial charge >= 0.3 is 6.09 Å². The summed E-state index contributed by atoms with van der Waals surface area (Å²) in [7, 11) is 0. The Kier molecular flexibility index (Phi) is 5.64. The van der Waals surface area contributed by atoms with Gasteiger partial charge in [-0.3, -0.25) is 9.69 Å². The molecule has 0 spiro atoms. The quantitative estimate of drug-likeness (QED) is 0.924. The van der Waals surface area contributed by atoms with Crippen molar-refractivity contribution in [3.8, 4) is 0 Å². The molecule has 0 radical (unpaired) electrons. The molecule has 1 aromatic rings. The van der Waals surface area contributed by atoms with Gasteiger partial charge in [0.25, 0.3) is 0 Å². The van der Waals surface area contributed by atoms with Gasteiger partial charge in [0, 0.05) is 12.2 Å². The third-order valence-corrected chi connectivity index (χ3v) is 4.19. The first-order valence-corrected chi connectivity index (χ1v) is 8.20. The third kappa shape index (κ3) is 4.24. The molecule has 1 fully saturated rings. The molecule has 1 saturated heterocycles. The van der Waals surface area contributed by atoms with Gasteiger partial charge in [0.15, 0.2) is 0 Å². The maximum atomic E-state index is 12.6. The lowest BCUT2D eigenvalue weighted by atomic mass is 10.1. The maximum Gasteiger partial charge on any atom is 0.410 e. The zero-order valence-electron chi connectivity index (χ0n) is 14.4. The molecular formula is C18H26N2O3. The van der Waals surface area contributed by atoms with E-state index in [1.54, 1.807) is 4.90 Å². The Morgan fingerprint density at radius 2 is 2.09 bits per heavy atom. The van der Waals surface area contributed by atoms with Gasteiger partial charge in [-0.2, -0.15) is 0 Å². The van der Waals surface area contributed by atoms with Crippen LogP contribution in [0.1, 0.15) is 37.8 Å². The van der Waals surface area contributed by atoms with E-state index < -0.39 is 12.1 Å². The lowest BCUT2D eigenvalue weighted by Gasteiger charge is -2.24. The monoisotopic (exact) mass is 318 g/mol. The number of hydrogen-bond acceptors (Lipinski definition) is 3. The fourth-order valence-corrected chi connectivity index (χ4v) is 2.68. The molecule has 2 amide bonds. The van der Waals surface area contributed by atoms with Crippen molar-refractivity contribution in [3.63, 3.8) is 0 Å². The Bertz CT molecular complexity index is 584. The molecule has 0 saturated carbocycles. The number of likely N-dealkylation sites (tertiary alicyclic amines) is 1. The van der Waals surface area contributed by atoms with Gasteiger partial charge in [0.2, 0.25) is 5.91 Å². The lowest BCUT2D eigenvalue weighted by Crippen LogP contribution is -2.43. The number of carbonyl (C=O) groups is 2. The molecular weight excluding hydrogens is 292 g/mol. The van der Waals surface area contributed by atoms with Crippen LogP contribution in [0.4, 0.5) is 10.5 Å². The fraction of sp³-hybridized carbons (Fsp3) is 0.556. The second kappa shape index (κ2) is 7.49. The minimum absolute atomic E-state index is 0.141. The van der Waals surface area contributed by atoms with Gasteiger partial charge in [-0.25, -0.2) is 4.79 Å². The van der Waals surface area contributed by atoms with Crippen molar-refractivity contribution in [3.05, 3.63) is 29.3 Å². The van der Waals surface area contributed by atoms with Gasteiger partial charge in [-0.1, -0.05) is 26.0 Å². The number of hydrogen-bond donors (Lipinski definition) is 1. The second-order valence-corrected chi connectivity index (χ2v) is 6.56. The number of benzene rings is 1.